The molecule has 1 N–H and O–H groups in total. The summed E-state index contributed by atoms with van der Waals surface area (Å²) in [6.07, 6.45) is 0. The minimum atomic E-state index is -0.233. The highest BCUT2D eigenvalue weighted by molar-refractivity contribution is 5.97. The Labute approximate surface area is 207 Å². The van der Waals surface area contributed by atoms with E-state index in [2.05, 4.69) is 27.2 Å². The maximum absolute atomic E-state index is 13.5. The number of fused-ring (bicyclic) bond motifs is 2. The van der Waals surface area contributed by atoms with Crippen LogP contribution in [0.15, 0.2) is 82.0 Å². The summed E-state index contributed by atoms with van der Waals surface area (Å²) in [6, 6.07) is 22.6. The van der Waals surface area contributed by atoms with Crippen molar-refractivity contribution in [3.8, 4) is 22.6 Å². The molecule has 0 spiro atoms. The van der Waals surface area contributed by atoms with Crippen LogP contribution < -0.4 is 25.1 Å². The molecule has 2 aliphatic rings. The largest absolute Gasteiger partial charge is 0.454 e. The number of carbonyl (C=O) groups excluding carboxylic acids is 1. The lowest BCUT2D eigenvalue weighted by atomic mass is 10.0. The molecular weight excluding hydrogens is 458 g/mol. The third-order valence-electron chi connectivity index (χ3n) is 6.57. The van der Waals surface area contributed by atoms with E-state index in [0.29, 0.717) is 28.0 Å². The molecule has 1 fully saturated rings. The van der Waals surface area contributed by atoms with Crippen LogP contribution in [0.2, 0.25) is 0 Å². The van der Waals surface area contributed by atoms with Crippen LogP contribution in [-0.4, -0.2) is 50.3 Å². The average molecular weight is 484 g/mol. The van der Waals surface area contributed by atoms with Gasteiger partial charge in [0.2, 0.25) is 24.0 Å². The predicted molar refractivity (Wildman–Crippen MR) is 138 cm³/mol. The molecule has 0 bridgehead atoms. The summed E-state index contributed by atoms with van der Waals surface area (Å²) in [4.78, 5) is 31.0. The summed E-state index contributed by atoms with van der Waals surface area (Å²) in [5.74, 6) is 1.06. The third kappa shape index (κ3) is 4.27. The number of carbonyl (C=O) groups is 1. The number of benzene rings is 3. The number of para-hydroxylation sites is 2. The summed E-state index contributed by atoms with van der Waals surface area (Å²) in [5, 5.41) is 3.31. The minimum absolute atomic E-state index is 0.130. The Hall–Kier alpha value is -4.30. The molecule has 0 saturated carbocycles. The van der Waals surface area contributed by atoms with Gasteiger partial charge in [0.25, 0.3) is 0 Å². The van der Waals surface area contributed by atoms with Gasteiger partial charge in [-0.25, -0.2) is 0 Å². The lowest BCUT2D eigenvalue weighted by molar-refractivity contribution is -0.117. The molecule has 1 amide bonds. The smallest absolute Gasteiger partial charge is 0.240 e. The molecule has 3 heterocycles. The Bertz CT molecular complexity index is 1480. The molecule has 8 nitrogen and oxygen atoms in total. The van der Waals surface area contributed by atoms with Gasteiger partial charge in [0.15, 0.2) is 11.5 Å². The van der Waals surface area contributed by atoms with Gasteiger partial charge in [-0.15, -0.1) is 0 Å². The van der Waals surface area contributed by atoms with E-state index in [1.807, 2.05) is 18.2 Å². The molecule has 8 heteroatoms. The van der Waals surface area contributed by atoms with Gasteiger partial charge in [0.05, 0.1) is 17.5 Å². The quantitative estimate of drug-likeness (QED) is 0.460. The molecule has 6 rings (SSSR count). The van der Waals surface area contributed by atoms with Crippen molar-refractivity contribution >= 4 is 28.4 Å². The van der Waals surface area contributed by atoms with E-state index in [0.717, 1.165) is 26.2 Å². The predicted octanol–water partition coefficient (Wildman–Crippen LogP) is 3.95. The standard InChI is InChI=1S/C28H25N3O5/c32-25(17-30-12-14-31(15-13-30)20-6-2-1-3-7-20)29-28-26(19-10-11-23-24(16-19)35-18-34-23)27(33)21-8-4-5-9-22(21)36-28/h1-11,16H,12-15,17-18H2,(H,29,32). The number of amides is 1. The fraction of sp³-hybridized carbons (Fsp3) is 0.214. The molecule has 2 aliphatic heterocycles. The second-order valence-corrected chi connectivity index (χ2v) is 8.85. The van der Waals surface area contributed by atoms with Crippen LogP contribution in [0.4, 0.5) is 11.6 Å². The molecule has 1 saturated heterocycles. The number of ether oxygens (including phenoxy) is 2. The first-order valence-electron chi connectivity index (χ1n) is 11.9. The highest BCUT2D eigenvalue weighted by Crippen LogP contribution is 2.37. The molecule has 0 radical (unpaired) electrons. The molecule has 0 atom stereocenters. The number of hydrogen-bond donors (Lipinski definition) is 1. The zero-order chi connectivity index (χ0) is 24.5. The molecule has 4 aromatic rings. The maximum Gasteiger partial charge on any atom is 0.240 e. The van der Waals surface area contributed by atoms with E-state index in [9.17, 15) is 9.59 Å². The lowest BCUT2D eigenvalue weighted by Crippen LogP contribution is -2.48. The van der Waals surface area contributed by atoms with Crippen LogP contribution in [0, 0.1) is 0 Å². The lowest BCUT2D eigenvalue weighted by Gasteiger charge is -2.35. The van der Waals surface area contributed by atoms with Crippen molar-refractivity contribution in [1.82, 2.24) is 4.90 Å². The zero-order valence-corrected chi connectivity index (χ0v) is 19.6. The van der Waals surface area contributed by atoms with Gasteiger partial charge in [0.1, 0.15) is 5.58 Å². The number of rotatable bonds is 5. The summed E-state index contributed by atoms with van der Waals surface area (Å²) in [6.45, 7) is 3.54. The molecule has 36 heavy (non-hydrogen) atoms. The SMILES string of the molecule is O=C(CN1CCN(c2ccccc2)CC1)Nc1oc2ccccc2c(=O)c1-c1ccc2c(c1)OCO2. The van der Waals surface area contributed by atoms with E-state index in [1.54, 1.807) is 42.5 Å². The van der Waals surface area contributed by atoms with Crippen molar-refractivity contribution < 1.29 is 18.7 Å². The molecule has 0 unspecified atom stereocenters. The van der Waals surface area contributed by atoms with Gasteiger partial charge in [-0.05, 0) is 42.0 Å². The van der Waals surface area contributed by atoms with E-state index in [1.165, 1.54) is 5.69 Å². The zero-order valence-electron chi connectivity index (χ0n) is 19.6. The number of piperazine rings is 1. The average Bonchev–Trinajstić information content (AvgIpc) is 3.38. The Kier molecular flexibility index (Phi) is 5.79. The van der Waals surface area contributed by atoms with Gasteiger partial charge < -0.3 is 18.8 Å². The van der Waals surface area contributed by atoms with Gasteiger partial charge in [-0.2, -0.15) is 0 Å². The van der Waals surface area contributed by atoms with E-state index in [-0.39, 0.29) is 36.1 Å². The number of anilines is 2. The first kappa shape index (κ1) is 22.2. The van der Waals surface area contributed by atoms with E-state index in [4.69, 9.17) is 13.9 Å². The second kappa shape index (κ2) is 9.39. The number of nitrogens with zero attached hydrogens (tertiary/aromatic N) is 2. The summed E-state index contributed by atoms with van der Waals surface area (Å²) in [5.41, 5.74) is 2.26. The van der Waals surface area contributed by atoms with Crippen molar-refractivity contribution in [2.45, 2.75) is 0 Å². The molecule has 182 valence electrons. The molecular formula is C28H25N3O5. The van der Waals surface area contributed by atoms with Gasteiger partial charge in [-0.1, -0.05) is 36.4 Å². The minimum Gasteiger partial charge on any atom is -0.454 e. The molecule has 0 aliphatic carbocycles. The summed E-state index contributed by atoms with van der Waals surface area (Å²) in [7, 11) is 0. The van der Waals surface area contributed by atoms with Crippen molar-refractivity contribution in [1.29, 1.82) is 0 Å². The monoisotopic (exact) mass is 483 g/mol. The van der Waals surface area contributed by atoms with Crippen molar-refractivity contribution in [3.05, 3.63) is 83.0 Å². The first-order valence-corrected chi connectivity index (χ1v) is 11.9. The van der Waals surface area contributed by atoms with Crippen LogP contribution in [0.5, 0.6) is 11.5 Å². The molecule has 3 aromatic carbocycles. The second-order valence-electron chi connectivity index (χ2n) is 8.85. The van der Waals surface area contributed by atoms with Crippen molar-refractivity contribution in [2.75, 3.05) is 49.7 Å². The first-order chi connectivity index (χ1) is 17.7. The number of nitrogens with one attached hydrogen (secondary N) is 1. The van der Waals surface area contributed by atoms with E-state index >= 15 is 0 Å². The topological polar surface area (TPSA) is 84.3 Å². The fourth-order valence-electron chi connectivity index (χ4n) is 4.72. The van der Waals surface area contributed by atoms with Crippen LogP contribution in [-0.2, 0) is 4.79 Å². The summed E-state index contributed by atoms with van der Waals surface area (Å²) >= 11 is 0. The highest BCUT2D eigenvalue weighted by Gasteiger charge is 2.23. The Balaban J connectivity index is 1.24. The highest BCUT2D eigenvalue weighted by atomic mass is 16.7. The van der Waals surface area contributed by atoms with Crippen LogP contribution in [0.25, 0.3) is 22.1 Å². The fourth-order valence-corrected chi connectivity index (χ4v) is 4.72. The van der Waals surface area contributed by atoms with Crippen molar-refractivity contribution in [2.24, 2.45) is 0 Å². The van der Waals surface area contributed by atoms with Crippen LogP contribution in [0.1, 0.15) is 0 Å². The Morgan fingerprint density at radius 2 is 1.61 bits per heavy atom. The Morgan fingerprint density at radius 3 is 2.44 bits per heavy atom. The van der Waals surface area contributed by atoms with Gasteiger partial charge in [-0.3, -0.25) is 19.8 Å². The Morgan fingerprint density at radius 1 is 0.861 bits per heavy atom. The normalized spacial score (nSPS) is 15.3. The number of hydrogen-bond acceptors (Lipinski definition) is 7. The maximum atomic E-state index is 13.5. The van der Waals surface area contributed by atoms with Gasteiger partial charge >= 0.3 is 0 Å². The van der Waals surface area contributed by atoms with Crippen LogP contribution >= 0.6 is 0 Å². The van der Waals surface area contributed by atoms with Crippen LogP contribution in [0.3, 0.4) is 0 Å². The van der Waals surface area contributed by atoms with Gasteiger partial charge in [0, 0.05) is 31.9 Å². The summed E-state index contributed by atoms with van der Waals surface area (Å²) < 4.78 is 17.0. The third-order valence-corrected chi connectivity index (χ3v) is 6.57. The molecule has 1 aromatic heterocycles. The van der Waals surface area contributed by atoms with Crippen molar-refractivity contribution in [3.63, 3.8) is 0 Å². The van der Waals surface area contributed by atoms with E-state index < -0.39 is 0 Å².